The zero-order chi connectivity index (χ0) is 23.6. The molecule has 2 aliphatic heterocycles. The first-order chi connectivity index (χ1) is 15.8. The fourth-order valence-corrected chi connectivity index (χ4v) is 3.77. The van der Waals surface area contributed by atoms with Crippen molar-refractivity contribution in [3.63, 3.8) is 0 Å². The number of Topliss-reactive ketones (excluding diaryl/α,β-unsaturated/α-hetero) is 1. The molecule has 33 heavy (non-hydrogen) atoms. The number of aliphatic hydroxyl groups is 1. The standard InChI is InChI=1S/C24H26N2O7/c1-15(27)16-4-7-19(8-5-16)33-14-18(28)13-26-22(29)24(2,25-23(26)30)17-6-9-20-21(12-17)32-11-3-10-31-20/h4-9,12,18,28H,3,10-11,13-14H2,1-2H3,(H,25,30)/t18-,24-/m1/s1. The number of carbonyl (C=O) groups excluding carboxylic acids is 3. The van der Waals surface area contributed by atoms with Gasteiger partial charge in [0.15, 0.2) is 17.3 Å². The lowest BCUT2D eigenvalue weighted by molar-refractivity contribution is -0.132. The molecule has 2 atom stereocenters. The Labute approximate surface area is 191 Å². The summed E-state index contributed by atoms with van der Waals surface area (Å²) < 4.78 is 16.9. The van der Waals surface area contributed by atoms with Gasteiger partial charge in [-0.25, -0.2) is 4.79 Å². The zero-order valence-corrected chi connectivity index (χ0v) is 18.5. The maximum atomic E-state index is 13.2. The van der Waals surface area contributed by atoms with Gasteiger partial charge in [-0.3, -0.25) is 14.5 Å². The molecule has 3 amide bonds. The molecule has 0 bridgehead atoms. The van der Waals surface area contributed by atoms with Crippen LogP contribution in [0.15, 0.2) is 42.5 Å². The Morgan fingerprint density at radius 1 is 1.15 bits per heavy atom. The van der Waals surface area contributed by atoms with Gasteiger partial charge in [0.05, 0.1) is 19.8 Å². The van der Waals surface area contributed by atoms with Crippen LogP contribution in [0, 0.1) is 0 Å². The summed E-state index contributed by atoms with van der Waals surface area (Å²) in [4.78, 5) is 38.1. The highest BCUT2D eigenvalue weighted by molar-refractivity contribution is 6.07. The zero-order valence-electron chi connectivity index (χ0n) is 18.5. The Morgan fingerprint density at radius 3 is 2.55 bits per heavy atom. The second-order valence-corrected chi connectivity index (χ2v) is 8.23. The van der Waals surface area contributed by atoms with Crippen molar-refractivity contribution in [2.75, 3.05) is 26.4 Å². The third kappa shape index (κ3) is 4.63. The lowest BCUT2D eigenvalue weighted by atomic mass is 9.91. The Kier molecular flexibility index (Phi) is 6.24. The fraction of sp³-hybridized carbons (Fsp3) is 0.375. The molecule has 2 aromatic carbocycles. The number of urea groups is 1. The summed E-state index contributed by atoms with van der Waals surface area (Å²) in [7, 11) is 0. The highest BCUT2D eigenvalue weighted by Crippen LogP contribution is 2.36. The second kappa shape index (κ2) is 9.11. The summed E-state index contributed by atoms with van der Waals surface area (Å²) in [5, 5.41) is 13.1. The molecule has 0 spiro atoms. The van der Waals surface area contributed by atoms with Crippen LogP contribution in [0.2, 0.25) is 0 Å². The van der Waals surface area contributed by atoms with Crippen molar-refractivity contribution in [1.82, 2.24) is 10.2 Å². The number of fused-ring (bicyclic) bond motifs is 1. The van der Waals surface area contributed by atoms with Crippen LogP contribution in [-0.4, -0.2) is 60.2 Å². The molecule has 2 aromatic rings. The van der Waals surface area contributed by atoms with Gasteiger partial charge in [0.1, 0.15) is 24.0 Å². The van der Waals surface area contributed by atoms with E-state index < -0.39 is 23.6 Å². The highest BCUT2D eigenvalue weighted by Gasteiger charge is 2.49. The maximum Gasteiger partial charge on any atom is 0.325 e. The molecule has 9 heteroatoms. The van der Waals surface area contributed by atoms with Crippen LogP contribution in [0.5, 0.6) is 17.2 Å². The number of ether oxygens (including phenoxy) is 3. The van der Waals surface area contributed by atoms with E-state index in [1.165, 1.54) is 6.92 Å². The number of benzene rings is 2. The molecule has 1 fully saturated rings. The Balaban J connectivity index is 1.41. The van der Waals surface area contributed by atoms with E-state index in [9.17, 15) is 19.5 Å². The first kappa shape index (κ1) is 22.6. The Hall–Kier alpha value is -3.59. The third-order valence-corrected chi connectivity index (χ3v) is 5.70. The summed E-state index contributed by atoms with van der Waals surface area (Å²) in [6.45, 7) is 3.79. The van der Waals surface area contributed by atoms with E-state index in [0.717, 1.165) is 11.3 Å². The van der Waals surface area contributed by atoms with Gasteiger partial charge in [-0.1, -0.05) is 6.07 Å². The van der Waals surface area contributed by atoms with E-state index in [1.807, 2.05) is 0 Å². The summed E-state index contributed by atoms with van der Waals surface area (Å²) in [6, 6.07) is 11.1. The number of amides is 3. The van der Waals surface area contributed by atoms with E-state index in [1.54, 1.807) is 49.4 Å². The number of imide groups is 1. The van der Waals surface area contributed by atoms with E-state index >= 15 is 0 Å². The minimum absolute atomic E-state index is 0.0586. The summed E-state index contributed by atoms with van der Waals surface area (Å²) >= 11 is 0. The summed E-state index contributed by atoms with van der Waals surface area (Å²) in [5.41, 5.74) is -0.189. The molecule has 0 aromatic heterocycles. The molecular weight excluding hydrogens is 428 g/mol. The molecule has 174 valence electrons. The number of ketones is 1. The van der Waals surface area contributed by atoms with Crippen LogP contribution in [0.3, 0.4) is 0 Å². The van der Waals surface area contributed by atoms with Crippen molar-refractivity contribution in [3.8, 4) is 17.2 Å². The Morgan fingerprint density at radius 2 is 1.85 bits per heavy atom. The third-order valence-electron chi connectivity index (χ3n) is 5.70. The number of rotatable bonds is 7. The number of nitrogens with zero attached hydrogens (tertiary/aromatic N) is 1. The van der Waals surface area contributed by atoms with Crippen molar-refractivity contribution in [2.24, 2.45) is 0 Å². The van der Waals surface area contributed by atoms with Crippen LogP contribution in [0.1, 0.15) is 36.2 Å². The largest absolute Gasteiger partial charge is 0.491 e. The van der Waals surface area contributed by atoms with Crippen molar-refractivity contribution in [3.05, 3.63) is 53.6 Å². The fourth-order valence-electron chi connectivity index (χ4n) is 3.77. The second-order valence-electron chi connectivity index (χ2n) is 8.23. The number of hydrogen-bond acceptors (Lipinski definition) is 7. The molecule has 2 heterocycles. The highest BCUT2D eigenvalue weighted by atomic mass is 16.5. The molecular formula is C24H26N2O7. The molecule has 2 N–H and O–H groups in total. The van der Waals surface area contributed by atoms with Crippen LogP contribution in [0.25, 0.3) is 0 Å². The van der Waals surface area contributed by atoms with E-state index in [2.05, 4.69) is 5.32 Å². The van der Waals surface area contributed by atoms with E-state index in [4.69, 9.17) is 14.2 Å². The molecule has 2 aliphatic rings. The van der Waals surface area contributed by atoms with Gasteiger partial charge in [-0.15, -0.1) is 0 Å². The first-order valence-electron chi connectivity index (χ1n) is 10.7. The minimum atomic E-state index is -1.30. The molecule has 0 saturated carbocycles. The predicted molar refractivity (Wildman–Crippen MR) is 118 cm³/mol. The first-order valence-corrected chi connectivity index (χ1v) is 10.7. The van der Waals surface area contributed by atoms with E-state index in [0.29, 0.717) is 41.6 Å². The van der Waals surface area contributed by atoms with Crippen LogP contribution < -0.4 is 19.5 Å². The van der Waals surface area contributed by atoms with Crippen molar-refractivity contribution >= 4 is 17.7 Å². The van der Waals surface area contributed by atoms with Gasteiger partial charge in [-0.2, -0.15) is 0 Å². The number of nitrogens with one attached hydrogen (secondary N) is 1. The van der Waals surface area contributed by atoms with Gasteiger partial charge >= 0.3 is 6.03 Å². The average molecular weight is 454 g/mol. The maximum absolute atomic E-state index is 13.2. The topological polar surface area (TPSA) is 114 Å². The monoisotopic (exact) mass is 454 g/mol. The van der Waals surface area contributed by atoms with Crippen LogP contribution >= 0.6 is 0 Å². The van der Waals surface area contributed by atoms with Gasteiger partial charge < -0.3 is 24.6 Å². The van der Waals surface area contributed by atoms with Gasteiger partial charge in [0, 0.05) is 12.0 Å². The number of carbonyl (C=O) groups is 3. The van der Waals surface area contributed by atoms with Crippen molar-refractivity contribution in [1.29, 1.82) is 0 Å². The molecule has 0 unspecified atom stereocenters. The minimum Gasteiger partial charge on any atom is -0.491 e. The van der Waals surface area contributed by atoms with Crippen LogP contribution in [0.4, 0.5) is 4.79 Å². The normalized spacial score (nSPS) is 20.8. The van der Waals surface area contributed by atoms with E-state index in [-0.39, 0.29) is 18.9 Å². The van der Waals surface area contributed by atoms with Crippen molar-refractivity contribution in [2.45, 2.75) is 31.9 Å². The predicted octanol–water partition coefficient (Wildman–Crippen LogP) is 2.26. The lowest BCUT2D eigenvalue weighted by Crippen LogP contribution is -2.42. The summed E-state index contributed by atoms with van der Waals surface area (Å²) in [5.74, 6) is 1.05. The lowest BCUT2D eigenvalue weighted by Gasteiger charge is -2.24. The number of β-amino-alcohol motifs (C(OH)–C–C–N with tert-alkyl or cyclic N) is 1. The molecule has 9 nitrogen and oxygen atoms in total. The van der Waals surface area contributed by atoms with Crippen molar-refractivity contribution < 1.29 is 33.7 Å². The van der Waals surface area contributed by atoms with Gasteiger partial charge in [0.25, 0.3) is 5.91 Å². The average Bonchev–Trinajstić information content (AvgIpc) is 2.96. The number of aliphatic hydroxyl groups excluding tert-OH is 1. The molecule has 0 radical (unpaired) electrons. The summed E-state index contributed by atoms with van der Waals surface area (Å²) in [6.07, 6.45) is -0.343. The molecule has 0 aliphatic carbocycles. The van der Waals surface area contributed by atoms with Gasteiger partial charge in [-0.05, 0) is 55.8 Å². The van der Waals surface area contributed by atoms with Crippen LogP contribution in [-0.2, 0) is 10.3 Å². The Bertz CT molecular complexity index is 1070. The SMILES string of the molecule is CC(=O)c1ccc(OC[C@H](O)CN2C(=O)N[C@](C)(c3ccc4c(c3)OCCCO4)C2=O)cc1. The molecule has 1 saturated heterocycles. The quantitative estimate of drug-likeness (QED) is 0.487. The van der Waals surface area contributed by atoms with Gasteiger partial charge in [0.2, 0.25) is 0 Å². The smallest absolute Gasteiger partial charge is 0.325 e. The number of hydrogen-bond donors (Lipinski definition) is 2. The molecule has 4 rings (SSSR count).